The highest BCUT2D eigenvalue weighted by atomic mass is 28.3. The smallest absolute Gasteiger partial charge is 0.0982 e. The molecule has 1 fully saturated rings. The molecule has 0 N–H and O–H groups in total. The lowest BCUT2D eigenvalue weighted by Crippen LogP contribution is -2.39. The van der Waals surface area contributed by atoms with Crippen molar-refractivity contribution in [2.45, 2.75) is 38.1 Å². The van der Waals surface area contributed by atoms with Gasteiger partial charge in [0, 0.05) is 6.04 Å². The summed E-state index contributed by atoms with van der Waals surface area (Å²) in [6.45, 7) is 7.79. The van der Waals surface area contributed by atoms with Crippen LogP contribution in [0.15, 0.2) is 24.6 Å². The topological polar surface area (TPSA) is 3.24 Å². The maximum Gasteiger partial charge on any atom is 0.0982 e. The average Bonchev–Trinajstić information content (AvgIpc) is 2.26. The van der Waals surface area contributed by atoms with Gasteiger partial charge in [-0.05, 0) is 26.1 Å². The molecular weight excluding hydrogens is 186 g/mol. The van der Waals surface area contributed by atoms with Gasteiger partial charge >= 0.3 is 0 Å². The lowest BCUT2D eigenvalue weighted by molar-refractivity contribution is 0.217. The Morgan fingerprint density at radius 2 is 1.79 bits per heavy atom. The van der Waals surface area contributed by atoms with Crippen molar-refractivity contribution in [3.05, 3.63) is 24.6 Å². The Morgan fingerprint density at radius 1 is 1.21 bits per heavy atom. The van der Waals surface area contributed by atoms with Crippen molar-refractivity contribution in [1.29, 1.82) is 0 Å². The van der Waals surface area contributed by atoms with Crippen molar-refractivity contribution in [3.8, 4) is 0 Å². The first-order chi connectivity index (χ1) is 6.77. The minimum absolute atomic E-state index is 0.832. The Morgan fingerprint density at radius 3 is 2.29 bits per heavy atom. The molecule has 1 rings (SSSR count). The first-order valence-corrected chi connectivity index (χ1v) is 7.88. The van der Waals surface area contributed by atoms with Gasteiger partial charge in [0.15, 0.2) is 0 Å². The van der Waals surface area contributed by atoms with E-state index in [1.807, 2.05) is 0 Å². The summed E-state index contributed by atoms with van der Waals surface area (Å²) in [4.78, 5) is 2.54. The van der Waals surface area contributed by atoms with Crippen LogP contribution in [0.3, 0.4) is 0 Å². The fourth-order valence-corrected chi connectivity index (χ4v) is 3.70. The van der Waals surface area contributed by atoms with E-state index in [1.165, 1.54) is 38.3 Å². The van der Waals surface area contributed by atoms with E-state index in [4.69, 9.17) is 0 Å². The van der Waals surface area contributed by atoms with E-state index >= 15 is 0 Å². The summed E-state index contributed by atoms with van der Waals surface area (Å²) >= 11 is 0. The molecule has 80 valence electrons. The second-order valence-corrected chi connectivity index (χ2v) is 7.00. The Bertz CT molecular complexity index is 177. The molecule has 0 atom stereocenters. The minimum Gasteiger partial charge on any atom is -0.306 e. The fraction of sp³-hybridized carbons (Fsp3) is 0.667. The molecule has 1 nitrogen and oxygen atoms in total. The van der Waals surface area contributed by atoms with Gasteiger partial charge in [0.25, 0.3) is 0 Å². The second kappa shape index (κ2) is 6.20. The summed E-state index contributed by atoms with van der Waals surface area (Å²) < 4.78 is 0. The van der Waals surface area contributed by atoms with Crippen LogP contribution in [0, 0.1) is 0 Å². The summed E-state index contributed by atoms with van der Waals surface area (Å²) in [5, 5.41) is 0. The number of hydrogen-bond donors (Lipinski definition) is 0. The number of rotatable bonds is 5. The molecule has 0 radical (unpaired) electrons. The van der Waals surface area contributed by atoms with Crippen molar-refractivity contribution in [1.82, 2.24) is 4.90 Å². The molecule has 0 aromatic carbocycles. The Hall–Kier alpha value is -0.343. The van der Waals surface area contributed by atoms with Crippen LogP contribution in [-0.2, 0) is 0 Å². The molecule has 1 aliphatic carbocycles. The molecule has 0 heterocycles. The van der Waals surface area contributed by atoms with Crippen LogP contribution in [0.5, 0.6) is 0 Å². The number of nitrogens with zero attached hydrogens (tertiary/aromatic N) is 1. The van der Waals surface area contributed by atoms with E-state index in [0.29, 0.717) is 0 Å². The third-order valence-electron chi connectivity index (χ3n) is 3.30. The van der Waals surface area contributed by atoms with E-state index in [0.717, 1.165) is 6.04 Å². The summed E-state index contributed by atoms with van der Waals surface area (Å²) in [7, 11) is 1.40. The monoisotopic (exact) mass is 209 g/mol. The molecular formula is C12H23NSi. The van der Waals surface area contributed by atoms with Crippen LogP contribution in [-0.4, -0.2) is 33.0 Å². The molecule has 0 aromatic heterocycles. The Kier molecular flexibility index (Phi) is 5.19. The zero-order valence-corrected chi connectivity index (χ0v) is 10.6. The molecule has 0 amide bonds. The molecule has 0 aromatic rings. The zero-order valence-electron chi connectivity index (χ0n) is 9.41. The van der Waals surface area contributed by atoms with Crippen molar-refractivity contribution >= 4 is 8.80 Å². The normalized spacial score (nSPS) is 18.8. The maximum absolute atomic E-state index is 3.89. The van der Waals surface area contributed by atoms with Crippen molar-refractivity contribution < 1.29 is 0 Å². The van der Waals surface area contributed by atoms with Gasteiger partial charge in [0.1, 0.15) is 0 Å². The molecule has 0 spiro atoms. The van der Waals surface area contributed by atoms with Crippen molar-refractivity contribution in [3.63, 3.8) is 0 Å². The minimum atomic E-state index is -0.867. The van der Waals surface area contributed by atoms with Crippen molar-refractivity contribution in [2.75, 3.05) is 13.2 Å². The fourth-order valence-electron chi connectivity index (χ4n) is 2.25. The first-order valence-electron chi connectivity index (χ1n) is 5.73. The van der Waals surface area contributed by atoms with E-state index in [1.54, 1.807) is 0 Å². The molecule has 0 saturated heterocycles. The van der Waals surface area contributed by atoms with Crippen LogP contribution < -0.4 is 0 Å². The molecule has 1 saturated carbocycles. The predicted octanol–water partition coefficient (Wildman–Crippen LogP) is 2.47. The standard InChI is InChI=1S/C12H23NSi/c1-4-14(5-2)11-13(3)12-9-7-6-8-10-12/h4-5,12,14H,1-2,6-11H2,3H3. The molecule has 1 aliphatic rings. The molecule has 14 heavy (non-hydrogen) atoms. The quantitative estimate of drug-likeness (QED) is 0.629. The SMILES string of the molecule is C=C[SiH](C=C)CN(C)C1CCCCC1. The molecule has 2 heteroatoms. The van der Waals surface area contributed by atoms with Crippen LogP contribution in [0.2, 0.25) is 0 Å². The third kappa shape index (κ3) is 3.43. The molecule has 0 aliphatic heterocycles. The highest BCUT2D eigenvalue weighted by Gasteiger charge is 2.19. The summed E-state index contributed by atoms with van der Waals surface area (Å²) in [5.41, 5.74) is 4.26. The van der Waals surface area contributed by atoms with Crippen LogP contribution in [0.25, 0.3) is 0 Å². The van der Waals surface area contributed by atoms with Gasteiger partial charge < -0.3 is 4.90 Å². The van der Waals surface area contributed by atoms with Crippen LogP contribution in [0.4, 0.5) is 0 Å². The predicted molar refractivity (Wildman–Crippen MR) is 67.0 cm³/mol. The highest BCUT2D eigenvalue weighted by molar-refractivity contribution is 6.69. The first kappa shape index (κ1) is 11.7. The van der Waals surface area contributed by atoms with Gasteiger partial charge in [0.05, 0.1) is 8.80 Å². The van der Waals surface area contributed by atoms with Gasteiger partial charge in [0.2, 0.25) is 0 Å². The lowest BCUT2D eigenvalue weighted by Gasteiger charge is -2.32. The molecule has 0 bridgehead atoms. The van der Waals surface area contributed by atoms with Gasteiger partial charge in [-0.3, -0.25) is 0 Å². The average molecular weight is 209 g/mol. The summed E-state index contributed by atoms with van der Waals surface area (Å²) in [5.74, 6) is 0. The van der Waals surface area contributed by atoms with Gasteiger partial charge in [-0.2, -0.15) is 0 Å². The lowest BCUT2D eigenvalue weighted by atomic mass is 9.95. The van der Waals surface area contributed by atoms with Crippen LogP contribution >= 0.6 is 0 Å². The van der Waals surface area contributed by atoms with E-state index < -0.39 is 8.80 Å². The summed E-state index contributed by atoms with van der Waals surface area (Å²) in [6.07, 6.45) is 8.29. The van der Waals surface area contributed by atoms with E-state index in [-0.39, 0.29) is 0 Å². The van der Waals surface area contributed by atoms with E-state index in [2.05, 4.69) is 36.5 Å². The number of hydrogen-bond acceptors (Lipinski definition) is 1. The van der Waals surface area contributed by atoms with E-state index in [9.17, 15) is 0 Å². The third-order valence-corrected chi connectivity index (χ3v) is 5.51. The molecule has 0 unspecified atom stereocenters. The van der Waals surface area contributed by atoms with Crippen molar-refractivity contribution in [2.24, 2.45) is 0 Å². The maximum atomic E-state index is 3.89. The Labute approximate surface area is 90.1 Å². The van der Waals surface area contributed by atoms with Gasteiger partial charge in [-0.25, -0.2) is 0 Å². The summed E-state index contributed by atoms with van der Waals surface area (Å²) in [6, 6.07) is 0.832. The zero-order chi connectivity index (χ0) is 10.4. The highest BCUT2D eigenvalue weighted by Crippen LogP contribution is 2.21. The Balaban J connectivity index is 2.34. The van der Waals surface area contributed by atoms with Gasteiger partial charge in [-0.15, -0.1) is 13.2 Å². The van der Waals surface area contributed by atoms with Crippen LogP contribution in [0.1, 0.15) is 32.1 Å². The second-order valence-electron chi connectivity index (χ2n) is 4.37. The van der Waals surface area contributed by atoms with Gasteiger partial charge in [-0.1, -0.05) is 30.7 Å². The largest absolute Gasteiger partial charge is 0.306 e.